The molecule has 0 radical (unpaired) electrons. The van der Waals surface area contributed by atoms with E-state index in [0.29, 0.717) is 11.6 Å². The average molecular weight is 326 g/mol. The number of halogens is 2. The van der Waals surface area contributed by atoms with Crippen molar-refractivity contribution in [2.45, 2.75) is 26.2 Å². The SMILES string of the molecule is CCCc1nc(Cc2ccccc2)nc(Cl)c1Br. The summed E-state index contributed by atoms with van der Waals surface area (Å²) in [5.41, 5.74) is 2.18. The van der Waals surface area contributed by atoms with Gasteiger partial charge in [0, 0.05) is 6.42 Å². The zero-order valence-electron chi connectivity index (χ0n) is 10.2. The highest BCUT2D eigenvalue weighted by atomic mass is 79.9. The van der Waals surface area contributed by atoms with Crippen LogP contribution in [0.3, 0.4) is 0 Å². The van der Waals surface area contributed by atoms with E-state index < -0.39 is 0 Å². The zero-order chi connectivity index (χ0) is 13.0. The van der Waals surface area contributed by atoms with Crippen molar-refractivity contribution in [3.05, 3.63) is 57.0 Å². The molecule has 0 unspecified atom stereocenters. The van der Waals surface area contributed by atoms with Crippen LogP contribution in [-0.4, -0.2) is 9.97 Å². The summed E-state index contributed by atoms with van der Waals surface area (Å²) in [6, 6.07) is 10.2. The molecule has 2 aromatic rings. The standard InChI is InChI=1S/C14H14BrClN2/c1-2-6-11-13(15)14(16)18-12(17-11)9-10-7-4-3-5-8-10/h3-5,7-8H,2,6,9H2,1H3. The quantitative estimate of drug-likeness (QED) is 0.777. The number of nitrogens with zero attached hydrogens (tertiary/aromatic N) is 2. The van der Waals surface area contributed by atoms with Crippen LogP contribution < -0.4 is 0 Å². The molecule has 1 aromatic heterocycles. The zero-order valence-corrected chi connectivity index (χ0v) is 12.5. The van der Waals surface area contributed by atoms with Gasteiger partial charge < -0.3 is 0 Å². The molecular formula is C14H14BrClN2. The maximum absolute atomic E-state index is 6.12. The van der Waals surface area contributed by atoms with Crippen LogP contribution in [-0.2, 0) is 12.8 Å². The van der Waals surface area contributed by atoms with Gasteiger partial charge in [-0.15, -0.1) is 0 Å². The van der Waals surface area contributed by atoms with Gasteiger partial charge >= 0.3 is 0 Å². The lowest BCUT2D eigenvalue weighted by molar-refractivity contribution is 0.834. The molecule has 0 aliphatic carbocycles. The molecule has 0 spiro atoms. The molecule has 94 valence electrons. The minimum Gasteiger partial charge on any atom is -0.236 e. The summed E-state index contributed by atoms with van der Waals surface area (Å²) in [5, 5.41) is 0.499. The van der Waals surface area contributed by atoms with Crippen LogP contribution >= 0.6 is 27.5 Å². The topological polar surface area (TPSA) is 25.8 Å². The minimum absolute atomic E-state index is 0.499. The molecule has 0 N–H and O–H groups in total. The normalized spacial score (nSPS) is 10.6. The van der Waals surface area contributed by atoms with Crippen molar-refractivity contribution in [3.63, 3.8) is 0 Å². The maximum Gasteiger partial charge on any atom is 0.147 e. The van der Waals surface area contributed by atoms with E-state index in [2.05, 4.69) is 45.0 Å². The second-order valence-electron chi connectivity index (χ2n) is 4.10. The number of benzene rings is 1. The summed E-state index contributed by atoms with van der Waals surface area (Å²) in [7, 11) is 0. The molecule has 2 rings (SSSR count). The molecule has 1 heterocycles. The van der Waals surface area contributed by atoms with Crippen LogP contribution in [0.1, 0.15) is 30.4 Å². The van der Waals surface area contributed by atoms with Crippen molar-refractivity contribution < 1.29 is 0 Å². The molecule has 0 saturated heterocycles. The smallest absolute Gasteiger partial charge is 0.147 e. The third-order valence-corrected chi connectivity index (χ3v) is 3.95. The average Bonchev–Trinajstić information content (AvgIpc) is 2.37. The molecule has 0 bridgehead atoms. The minimum atomic E-state index is 0.499. The second kappa shape index (κ2) is 6.30. The van der Waals surface area contributed by atoms with Crippen molar-refractivity contribution in [1.29, 1.82) is 0 Å². The van der Waals surface area contributed by atoms with Crippen LogP contribution in [0, 0.1) is 0 Å². The lowest BCUT2D eigenvalue weighted by Gasteiger charge is -2.07. The van der Waals surface area contributed by atoms with E-state index in [4.69, 9.17) is 11.6 Å². The highest BCUT2D eigenvalue weighted by Crippen LogP contribution is 2.25. The van der Waals surface area contributed by atoms with Gasteiger partial charge in [0.25, 0.3) is 0 Å². The first-order valence-electron chi connectivity index (χ1n) is 5.95. The largest absolute Gasteiger partial charge is 0.236 e. The van der Waals surface area contributed by atoms with E-state index >= 15 is 0 Å². The Bertz CT molecular complexity index is 529. The first kappa shape index (κ1) is 13.5. The molecule has 2 nitrogen and oxygen atoms in total. The number of aromatic nitrogens is 2. The van der Waals surface area contributed by atoms with E-state index in [1.54, 1.807) is 0 Å². The number of hydrogen-bond donors (Lipinski definition) is 0. The monoisotopic (exact) mass is 324 g/mol. The summed E-state index contributed by atoms with van der Waals surface area (Å²) >= 11 is 9.57. The molecular weight excluding hydrogens is 312 g/mol. The Balaban J connectivity index is 2.28. The Labute approximate surface area is 121 Å². The van der Waals surface area contributed by atoms with Crippen molar-refractivity contribution >= 4 is 27.5 Å². The molecule has 4 heteroatoms. The lowest BCUT2D eigenvalue weighted by Crippen LogP contribution is -2.02. The third-order valence-electron chi connectivity index (χ3n) is 2.62. The van der Waals surface area contributed by atoms with Crippen LogP contribution in [0.5, 0.6) is 0 Å². The van der Waals surface area contributed by atoms with Crippen LogP contribution in [0.4, 0.5) is 0 Å². The van der Waals surface area contributed by atoms with Crippen molar-refractivity contribution in [1.82, 2.24) is 9.97 Å². The number of aryl methyl sites for hydroxylation is 1. The Morgan fingerprint density at radius 1 is 1.17 bits per heavy atom. The Hall–Kier alpha value is -0.930. The van der Waals surface area contributed by atoms with Gasteiger partial charge in [0.05, 0.1) is 10.2 Å². The molecule has 0 aliphatic rings. The predicted octanol–water partition coefficient (Wildman–Crippen LogP) is 4.44. The second-order valence-corrected chi connectivity index (χ2v) is 5.25. The van der Waals surface area contributed by atoms with Gasteiger partial charge in [-0.2, -0.15) is 0 Å². The van der Waals surface area contributed by atoms with Gasteiger partial charge in [-0.1, -0.05) is 55.3 Å². The highest BCUT2D eigenvalue weighted by Gasteiger charge is 2.10. The van der Waals surface area contributed by atoms with E-state index in [-0.39, 0.29) is 0 Å². The van der Waals surface area contributed by atoms with E-state index in [0.717, 1.165) is 28.8 Å². The summed E-state index contributed by atoms with van der Waals surface area (Å²) in [6.45, 7) is 2.12. The van der Waals surface area contributed by atoms with Gasteiger partial charge in [0.2, 0.25) is 0 Å². The summed E-state index contributed by atoms with van der Waals surface area (Å²) in [6.07, 6.45) is 2.66. The van der Waals surface area contributed by atoms with E-state index in [9.17, 15) is 0 Å². The van der Waals surface area contributed by atoms with Gasteiger partial charge in [-0.05, 0) is 27.9 Å². The maximum atomic E-state index is 6.12. The molecule has 0 aliphatic heterocycles. The summed E-state index contributed by atoms with van der Waals surface area (Å²) in [5.74, 6) is 0.776. The Morgan fingerprint density at radius 2 is 1.89 bits per heavy atom. The molecule has 0 amide bonds. The van der Waals surface area contributed by atoms with Gasteiger partial charge in [-0.25, -0.2) is 9.97 Å². The predicted molar refractivity (Wildman–Crippen MR) is 78.0 cm³/mol. The van der Waals surface area contributed by atoms with E-state index in [1.165, 1.54) is 5.56 Å². The molecule has 0 saturated carbocycles. The summed E-state index contributed by atoms with van der Waals surface area (Å²) in [4.78, 5) is 8.89. The highest BCUT2D eigenvalue weighted by molar-refractivity contribution is 9.10. The molecule has 0 atom stereocenters. The Morgan fingerprint density at radius 3 is 2.56 bits per heavy atom. The van der Waals surface area contributed by atoms with Crippen LogP contribution in [0.25, 0.3) is 0 Å². The van der Waals surface area contributed by atoms with Gasteiger partial charge in [-0.3, -0.25) is 0 Å². The van der Waals surface area contributed by atoms with Crippen molar-refractivity contribution in [2.75, 3.05) is 0 Å². The first-order valence-corrected chi connectivity index (χ1v) is 7.12. The molecule has 18 heavy (non-hydrogen) atoms. The van der Waals surface area contributed by atoms with Crippen LogP contribution in [0.15, 0.2) is 34.8 Å². The molecule has 1 aromatic carbocycles. The molecule has 0 fully saturated rings. The third kappa shape index (κ3) is 3.30. The fourth-order valence-corrected chi connectivity index (χ4v) is 2.35. The van der Waals surface area contributed by atoms with Crippen LogP contribution in [0.2, 0.25) is 5.15 Å². The van der Waals surface area contributed by atoms with Crippen molar-refractivity contribution in [2.24, 2.45) is 0 Å². The summed E-state index contributed by atoms with van der Waals surface area (Å²) < 4.78 is 0.822. The lowest BCUT2D eigenvalue weighted by atomic mass is 10.1. The van der Waals surface area contributed by atoms with Crippen molar-refractivity contribution in [3.8, 4) is 0 Å². The number of hydrogen-bond acceptors (Lipinski definition) is 2. The first-order chi connectivity index (χ1) is 8.70. The van der Waals surface area contributed by atoms with E-state index in [1.807, 2.05) is 18.2 Å². The number of rotatable bonds is 4. The van der Waals surface area contributed by atoms with Gasteiger partial charge in [0.15, 0.2) is 0 Å². The fourth-order valence-electron chi connectivity index (χ4n) is 1.77. The Kier molecular flexibility index (Phi) is 4.72. The fraction of sp³-hybridized carbons (Fsp3) is 0.286. The van der Waals surface area contributed by atoms with Gasteiger partial charge in [0.1, 0.15) is 11.0 Å².